The van der Waals surface area contributed by atoms with Gasteiger partial charge in [-0.1, -0.05) is 19.9 Å². The van der Waals surface area contributed by atoms with Crippen LogP contribution in [0.15, 0.2) is 22.6 Å². The van der Waals surface area contributed by atoms with Crippen molar-refractivity contribution in [3.8, 4) is 5.75 Å². The van der Waals surface area contributed by atoms with Crippen molar-refractivity contribution in [3.05, 3.63) is 41.4 Å². The number of halogens is 1. The van der Waals surface area contributed by atoms with Crippen molar-refractivity contribution in [3.63, 3.8) is 0 Å². The molecular formula is C13H15FN2O2. The lowest BCUT2D eigenvalue weighted by Crippen LogP contribution is -1.98. The second-order valence-electron chi connectivity index (χ2n) is 4.41. The number of hydrogen-bond donors (Lipinski definition) is 0. The average molecular weight is 250 g/mol. The highest BCUT2D eigenvalue weighted by Crippen LogP contribution is 2.20. The maximum atomic E-state index is 13.4. The van der Waals surface area contributed by atoms with Crippen molar-refractivity contribution >= 4 is 0 Å². The maximum Gasteiger partial charge on any atom is 0.253 e. The fraction of sp³-hybridized carbons (Fsp3) is 0.385. The van der Waals surface area contributed by atoms with Crippen LogP contribution in [0.25, 0.3) is 0 Å². The quantitative estimate of drug-likeness (QED) is 0.835. The van der Waals surface area contributed by atoms with Crippen LogP contribution >= 0.6 is 0 Å². The normalized spacial score (nSPS) is 10.9. The summed E-state index contributed by atoms with van der Waals surface area (Å²) in [5, 5.41) is 7.72. The van der Waals surface area contributed by atoms with Crippen LogP contribution in [-0.2, 0) is 6.61 Å². The van der Waals surface area contributed by atoms with Gasteiger partial charge in [0.2, 0.25) is 5.89 Å². The third-order valence-corrected chi connectivity index (χ3v) is 2.41. The summed E-state index contributed by atoms with van der Waals surface area (Å²) in [6.07, 6.45) is 0. The van der Waals surface area contributed by atoms with Crippen molar-refractivity contribution in [2.75, 3.05) is 0 Å². The van der Waals surface area contributed by atoms with Gasteiger partial charge >= 0.3 is 0 Å². The molecule has 0 fully saturated rings. The topological polar surface area (TPSA) is 48.2 Å². The van der Waals surface area contributed by atoms with Crippen LogP contribution in [0, 0.1) is 12.7 Å². The number of hydrogen-bond acceptors (Lipinski definition) is 4. The average Bonchev–Trinajstić information content (AvgIpc) is 2.79. The Hall–Kier alpha value is -1.91. The minimum atomic E-state index is -0.399. The largest absolute Gasteiger partial charge is 0.481 e. The monoisotopic (exact) mass is 250 g/mol. The van der Waals surface area contributed by atoms with E-state index in [1.807, 2.05) is 20.8 Å². The highest BCUT2D eigenvalue weighted by molar-refractivity contribution is 5.29. The van der Waals surface area contributed by atoms with Crippen molar-refractivity contribution in [2.24, 2.45) is 0 Å². The molecule has 1 aromatic carbocycles. The van der Waals surface area contributed by atoms with E-state index < -0.39 is 5.82 Å². The van der Waals surface area contributed by atoms with Crippen LogP contribution < -0.4 is 4.74 Å². The molecule has 0 bridgehead atoms. The molecule has 1 heterocycles. The molecular weight excluding hydrogens is 235 g/mol. The Labute approximate surface area is 105 Å². The van der Waals surface area contributed by atoms with E-state index in [-0.39, 0.29) is 18.3 Å². The summed E-state index contributed by atoms with van der Waals surface area (Å²) >= 11 is 0. The zero-order valence-corrected chi connectivity index (χ0v) is 10.6. The molecule has 2 rings (SSSR count). The Bertz CT molecular complexity index is 538. The highest BCUT2D eigenvalue weighted by atomic mass is 19.1. The van der Waals surface area contributed by atoms with Crippen LogP contribution in [-0.4, -0.2) is 10.2 Å². The Kier molecular flexibility index (Phi) is 3.60. The van der Waals surface area contributed by atoms with Gasteiger partial charge in [-0.3, -0.25) is 0 Å². The van der Waals surface area contributed by atoms with E-state index in [9.17, 15) is 4.39 Å². The third kappa shape index (κ3) is 2.85. The number of aromatic nitrogens is 2. The minimum Gasteiger partial charge on any atom is -0.481 e. The Morgan fingerprint density at radius 2 is 2.11 bits per heavy atom. The molecule has 0 unspecified atom stereocenters. The van der Waals surface area contributed by atoms with Gasteiger partial charge in [0, 0.05) is 5.92 Å². The van der Waals surface area contributed by atoms with Gasteiger partial charge in [-0.2, -0.15) is 0 Å². The lowest BCUT2D eigenvalue weighted by atomic mass is 10.2. The molecule has 0 aliphatic carbocycles. The zero-order valence-electron chi connectivity index (χ0n) is 10.6. The van der Waals surface area contributed by atoms with Gasteiger partial charge in [0.25, 0.3) is 5.89 Å². The fourth-order valence-corrected chi connectivity index (χ4v) is 1.42. The van der Waals surface area contributed by atoms with Crippen LogP contribution in [0.4, 0.5) is 4.39 Å². The van der Waals surface area contributed by atoms with Crippen LogP contribution in [0.3, 0.4) is 0 Å². The summed E-state index contributed by atoms with van der Waals surface area (Å²) < 4.78 is 24.1. The van der Waals surface area contributed by atoms with Crippen molar-refractivity contribution in [1.82, 2.24) is 10.2 Å². The Balaban J connectivity index is 2.04. The van der Waals surface area contributed by atoms with E-state index in [4.69, 9.17) is 9.15 Å². The summed E-state index contributed by atoms with van der Waals surface area (Å²) in [6, 6.07) is 4.69. The molecule has 0 saturated carbocycles. The molecule has 0 radical (unpaired) electrons. The molecule has 2 aromatic rings. The Morgan fingerprint density at radius 3 is 2.78 bits per heavy atom. The number of aryl methyl sites for hydroxylation is 1. The van der Waals surface area contributed by atoms with E-state index in [2.05, 4.69) is 10.2 Å². The first-order chi connectivity index (χ1) is 8.56. The maximum absolute atomic E-state index is 13.4. The number of rotatable bonds is 4. The molecule has 0 aliphatic heterocycles. The summed E-state index contributed by atoms with van der Waals surface area (Å²) in [5.41, 5.74) is 0.930. The van der Waals surface area contributed by atoms with Crippen molar-refractivity contribution in [2.45, 2.75) is 33.3 Å². The number of benzene rings is 1. The van der Waals surface area contributed by atoms with Crippen LogP contribution in [0.2, 0.25) is 0 Å². The molecule has 0 spiro atoms. The summed E-state index contributed by atoms with van der Waals surface area (Å²) in [4.78, 5) is 0. The van der Waals surface area contributed by atoms with Crippen molar-refractivity contribution < 1.29 is 13.5 Å². The molecule has 0 aliphatic rings. The Morgan fingerprint density at radius 1 is 1.33 bits per heavy atom. The first kappa shape index (κ1) is 12.5. The summed E-state index contributed by atoms with van der Waals surface area (Å²) in [5.74, 6) is 0.864. The van der Waals surface area contributed by atoms with Gasteiger partial charge in [-0.15, -0.1) is 10.2 Å². The second kappa shape index (κ2) is 5.16. The molecule has 0 amide bonds. The first-order valence-corrected chi connectivity index (χ1v) is 5.77. The van der Waals surface area contributed by atoms with Gasteiger partial charge in [0.1, 0.15) is 0 Å². The molecule has 5 heteroatoms. The first-order valence-electron chi connectivity index (χ1n) is 5.77. The lowest BCUT2D eigenvalue weighted by molar-refractivity contribution is 0.247. The molecule has 0 saturated heterocycles. The van der Waals surface area contributed by atoms with Gasteiger partial charge in [0.05, 0.1) is 0 Å². The molecule has 0 atom stereocenters. The second-order valence-corrected chi connectivity index (χ2v) is 4.41. The SMILES string of the molecule is Cc1ccc(F)c(OCc2nnc(C(C)C)o2)c1. The van der Waals surface area contributed by atoms with Crippen LogP contribution in [0.1, 0.15) is 37.1 Å². The van der Waals surface area contributed by atoms with E-state index >= 15 is 0 Å². The molecule has 1 aromatic heterocycles. The summed E-state index contributed by atoms with van der Waals surface area (Å²) in [7, 11) is 0. The molecule has 0 N–H and O–H groups in total. The highest BCUT2D eigenvalue weighted by Gasteiger charge is 2.11. The lowest BCUT2D eigenvalue weighted by Gasteiger charge is -2.05. The van der Waals surface area contributed by atoms with E-state index in [1.165, 1.54) is 6.07 Å². The van der Waals surface area contributed by atoms with Crippen LogP contribution in [0.5, 0.6) is 5.75 Å². The van der Waals surface area contributed by atoms with E-state index in [1.54, 1.807) is 12.1 Å². The van der Waals surface area contributed by atoms with Gasteiger partial charge in [-0.05, 0) is 24.6 Å². The van der Waals surface area contributed by atoms with E-state index in [0.29, 0.717) is 11.8 Å². The third-order valence-electron chi connectivity index (χ3n) is 2.41. The van der Waals surface area contributed by atoms with E-state index in [0.717, 1.165) is 5.56 Å². The predicted octanol–water partition coefficient (Wildman–Crippen LogP) is 3.22. The molecule has 4 nitrogen and oxygen atoms in total. The predicted molar refractivity (Wildman–Crippen MR) is 63.9 cm³/mol. The smallest absolute Gasteiger partial charge is 0.253 e. The summed E-state index contributed by atoms with van der Waals surface area (Å²) in [6.45, 7) is 5.85. The van der Waals surface area contributed by atoms with Gasteiger partial charge in [0.15, 0.2) is 18.2 Å². The molecule has 96 valence electrons. The standard InChI is InChI=1S/C13H15FN2O2/c1-8(2)13-16-15-12(18-13)7-17-11-6-9(3)4-5-10(11)14/h4-6,8H,7H2,1-3H3. The van der Waals surface area contributed by atoms with Gasteiger partial charge < -0.3 is 9.15 Å². The van der Waals surface area contributed by atoms with Gasteiger partial charge in [-0.25, -0.2) is 4.39 Å². The fourth-order valence-electron chi connectivity index (χ4n) is 1.42. The number of nitrogens with zero attached hydrogens (tertiary/aromatic N) is 2. The minimum absolute atomic E-state index is 0.0695. The van der Waals surface area contributed by atoms with Crippen molar-refractivity contribution in [1.29, 1.82) is 0 Å². The molecule has 18 heavy (non-hydrogen) atoms. The number of ether oxygens (including phenoxy) is 1. The zero-order chi connectivity index (χ0) is 13.1.